The molecule has 126 valence electrons. The van der Waals surface area contributed by atoms with Gasteiger partial charge in [0, 0.05) is 6.42 Å². The average Bonchev–Trinajstić information content (AvgIpc) is 2.65. The van der Waals surface area contributed by atoms with Crippen LogP contribution >= 0.6 is 0 Å². The Bertz CT molecular complexity index is 843. The molecular formula is C20H18N2O3. The Morgan fingerprint density at radius 3 is 2.36 bits per heavy atom. The van der Waals surface area contributed by atoms with Crippen LogP contribution in [0.3, 0.4) is 0 Å². The summed E-state index contributed by atoms with van der Waals surface area (Å²) in [4.78, 5) is 7.12. The zero-order chi connectivity index (χ0) is 18.2. The van der Waals surface area contributed by atoms with Crippen molar-refractivity contribution in [1.29, 1.82) is 0 Å². The fourth-order valence-electron chi connectivity index (χ4n) is 2.37. The molecule has 1 N–H and O–H groups in total. The number of rotatable bonds is 6. The Morgan fingerprint density at radius 1 is 1.12 bits per heavy atom. The molecule has 0 heterocycles. The molecule has 0 saturated carbocycles. The van der Waals surface area contributed by atoms with Crippen LogP contribution < -0.4 is 9.47 Å². The summed E-state index contributed by atoms with van der Waals surface area (Å²) in [5, 5.41) is 9.85. The topological polar surface area (TPSA) is 47.4 Å². The normalized spacial score (nSPS) is 11.9. The number of methoxy groups -OCH3 is 2. The van der Waals surface area contributed by atoms with Gasteiger partial charge in [0.15, 0.2) is 11.5 Å². The predicted molar refractivity (Wildman–Crippen MR) is 96.3 cm³/mol. The number of benzene rings is 2. The maximum Gasteiger partial charge on any atom is 0.265 e. The highest BCUT2D eigenvalue weighted by Crippen LogP contribution is 2.28. The lowest BCUT2D eigenvalue weighted by molar-refractivity contribution is 0.373. The number of ether oxygens (including phenoxy) is 2. The van der Waals surface area contributed by atoms with Crippen LogP contribution in [0.15, 0.2) is 48.2 Å². The van der Waals surface area contributed by atoms with E-state index in [2.05, 4.69) is 9.69 Å². The highest BCUT2D eigenvalue weighted by Gasteiger charge is 2.21. The standard InChI is InChI=1S/C20H18N2O3/c1-21-17(11-14-5-8-16(24-3)9-6-14)18(22-2)12-15-7-10-20(25-4)19(23)13-15/h5-10,12-13,17,23H,11H2,3-4H3/b18-12-. The minimum Gasteiger partial charge on any atom is -0.504 e. The maximum atomic E-state index is 9.85. The van der Waals surface area contributed by atoms with Gasteiger partial charge in [-0.15, -0.1) is 0 Å². The first kappa shape index (κ1) is 17.9. The van der Waals surface area contributed by atoms with E-state index in [1.165, 1.54) is 13.2 Å². The van der Waals surface area contributed by atoms with Crippen molar-refractivity contribution in [2.75, 3.05) is 14.2 Å². The van der Waals surface area contributed by atoms with Gasteiger partial charge in [0.05, 0.1) is 20.8 Å². The van der Waals surface area contributed by atoms with E-state index >= 15 is 0 Å². The average molecular weight is 334 g/mol. The van der Waals surface area contributed by atoms with Gasteiger partial charge in [-0.1, -0.05) is 18.2 Å². The van der Waals surface area contributed by atoms with Gasteiger partial charge in [0.1, 0.15) is 5.75 Å². The zero-order valence-corrected chi connectivity index (χ0v) is 14.1. The van der Waals surface area contributed by atoms with E-state index in [9.17, 15) is 5.11 Å². The summed E-state index contributed by atoms with van der Waals surface area (Å²) in [5.41, 5.74) is 1.93. The fraction of sp³-hybridized carbons (Fsp3) is 0.200. The number of hydrogen-bond acceptors (Lipinski definition) is 3. The van der Waals surface area contributed by atoms with Crippen molar-refractivity contribution in [1.82, 2.24) is 0 Å². The van der Waals surface area contributed by atoms with E-state index in [0.29, 0.717) is 23.4 Å². The molecule has 0 aliphatic heterocycles. The SMILES string of the molecule is [C-]#[N+]/C(=C\c1ccc(OC)c(O)c1)C(Cc1ccc(OC)cc1)[N+]#[C-]. The van der Waals surface area contributed by atoms with E-state index in [1.54, 1.807) is 25.3 Å². The van der Waals surface area contributed by atoms with Crippen LogP contribution in [0.4, 0.5) is 0 Å². The molecule has 2 aromatic rings. The molecule has 25 heavy (non-hydrogen) atoms. The molecule has 2 aromatic carbocycles. The van der Waals surface area contributed by atoms with Gasteiger partial charge in [0.25, 0.3) is 6.04 Å². The van der Waals surface area contributed by atoms with Crippen molar-refractivity contribution in [2.45, 2.75) is 12.5 Å². The third kappa shape index (κ3) is 4.53. The second-order valence-corrected chi connectivity index (χ2v) is 5.31. The van der Waals surface area contributed by atoms with Crippen molar-refractivity contribution in [2.24, 2.45) is 0 Å². The van der Waals surface area contributed by atoms with Crippen molar-refractivity contribution in [3.05, 3.63) is 82.1 Å². The maximum absolute atomic E-state index is 9.85. The van der Waals surface area contributed by atoms with E-state index in [-0.39, 0.29) is 5.75 Å². The summed E-state index contributed by atoms with van der Waals surface area (Å²) in [6.45, 7) is 14.9. The molecule has 0 saturated heterocycles. The van der Waals surface area contributed by atoms with E-state index in [0.717, 1.165) is 11.3 Å². The first-order valence-corrected chi connectivity index (χ1v) is 7.56. The lowest BCUT2D eigenvalue weighted by Crippen LogP contribution is -2.08. The summed E-state index contributed by atoms with van der Waals surface area (Å²) in [6, 6.07) is 11.7. The van der Waals surface area contributed by atoms with Gasteiger partial charge in [-0.3, -0.25) is 0 Å². The molecule has 0 bridgehead atoms. The Balaban J connectivity index is 2.25. The van der Waals surface area contributed by atoms with Crippen LogP contribution in [0.25, 0.3) is 15.8 Å². The number of hydrogen-bond donors (Lipinski definition) is 1. The van der Waals surface area contributed by atoms with Crippen LogP contribution in [0.2, 0.25) is 0 Å². The van der Waals surface area contributed by atoms with E-state index < -0.39 is 6.04 Å². The van der Waals surface area contributed by atoms with Gasteiger partial charge < -0.3 is 19.4 Å². The Morgan fingerprint density at radius 2 is 1.84 bits per heavy atom. The van der Waals surface area contributed by atoms with Gasteiger partial charge in [-0.2, -0.15) is 0 Å². The van der Waals surface area contributed by atoms with Crippen molar-refractivity contribution in [3.63, 3.8) is 0 Å². The number of phenols is 1. The number of phenolic OH excluding ortho intramolecular Hbond substituents is 1. The van der Waals surface area contributed by atoms with Crippen LogP contribution in [0.1, 0.15) is 11.1 Å². The molecule has 0 spiro atoms. The summed E-state index contributed by atoms with van der Waals surface area (Å²) >= 11 is 0. The monoisotopic (exact) mass is 334 g/mol. The highest BCUT2D eigenvalue weighted by atomic mass is 16.5. The molecular weight excluding hydrogens is 316 g/mol. The molecule has 2 rings (SSSR count). The molecule has 0 amide bonds. The van der Waals surface area contributed by atoms with Gasteiger partial charge in [0.2, 0.25) is 5.70 Å². The van der Waals surface area contributed by atoms with E-state index in [4.69, 9.17) is 22.6 Å². The predicted octanol–water partition coefficient (Wildman–Crippen LogP) is 4.20. The summed E-state index contributed by atoms with van der Waals surface area (Å²) in [5.74, 6) is 1.11. The molecule has 0 aliphatic carbocycles. The van der Waals surface area contributed by atoms with Crippen molar-refractivity contribution in [3.8, 4) is 17.2 Å². The third-order valence-corrected chi connectivity index (χ3v) is 3.73. The number of nitrogens with zero attached hydrogens (tertiary/aromatic N) is 2. The van der Waals surface area contributed by atoms with Gasteiger partial charge in [-0.05, 0) is 41.5 Å². The highest BCUT2D eigenvalue weighted by molar-refractivity contribution is 5.60. The molecule has 5 heteroatoms. The Labute approximate surface area is 147 Å². The molecule has 0 aliphatic rings. The molecule has 5 nitrogen and oxygen atoms in total. The Kier molecular flexibility index (Phi) is 6.03. The molecule has 0 fully saturated rings. The second kappa shape index (κ2) is 8.42. The third-order valence-electron chi connectivity index (χ3n) is 3.73. The first-order valence-electron chi connectivity index (χ1n) is 7.56. The lowest BCUT2D eigenvalue weighted by Gasteiger charge is -2.07. The van der Waals surface area contributed by atoms with E-state index in [1.807, 2.05) is 24.3 Å². The molecule has 1 atom stereocenters. The smallest absolute Gasteiger partial charge is 0.265 e. The van der Waals surface area contributed by atoms with Crippen molar-refractivity contribution >= 4 is 6.08 Å². The molecule has 1 unspecified atom stereocenters. The lowest BCUT2D eigenvalue weighted by atomic mass is 10.0. The van der Waals surface area contributed by atoms with Crippen LogP contribution in [-0.2, 0) is 6.42 Å². The zero-order valence-electron chi connectivity index (χ0n) is 14.1. The molecule has 0 radical (unpaired) electrons. The second-order valence-electron chi connectivity index (χ2n) is 5.31. The first-order chi connectivity index (χ1) is 12.1. The fourth-order valence-corrected chi connectivity index (χ4v) is 2.37. The van der Waals surface area contributed by atoms with Crippen LogP contribution in [0.5, 0.6) is 17.2 Å². The molecule has 0 aromatic heterocycles. The van der Waals surface area contributed by atoms with Crippen LogP contribution in [0, 0.1) is 13.1 Å². The largest absolute Gasteiger partial charge is 0.504 e. The van der Waals surface area contributed by atoms with Crippen LogP contribution in [-0.4, -0.2) is 25.4 Å². The van der Waals surface area contributed by atoms with Gasteiger partial charge >= 0.3 is 0 Å². The quantitative estimate of drug-likeness (QED) is 0.806. The van der Waals surface area contributed by atoms with Crippen molar-refractivity contribution < 1.29 is 14.6 Å². The minimum atomic E-state index is -0.588. The summed E-state index contributed by atoms with van der Waals surface area (Å²) in [6.07, 6.45) is 2.06. The summed E-state index contributed by atoms with van der Waals surface area (Å²) in [7, 11) is 3.07. The summed E-state index contributed by atoms with van der Waals surface area (Å²) < 4.78 is 10.1. The number of aromatic hydroxyl groups is 1. The minimum absolute atomic E-state index is 0.00454. The van der Waals surface area contributed by atoms with Gasteiger partial charge in [-0.25, -0.2) is 11.4 Å². The Hall–Kier alpha value is -3.44.